The van der Waals surface area contributed by atoms with Gasteiger partial charge in [0, 0.05) is 46.5 Å². The summed E-state index contributed by atoms with van der Waals surface area (Å²) in [6.07, 6.45) is 1.53. The lowest BCUT2D eigenvalue weighted by molar-refractivity contribution is 0.459. The van der Waals surface area contributed by atoms with Crippen LogP contribution in [-0.4, -0.2) is 24.8 Å². The molecule has 0 aliphatic carbocycles. The van der Waals surface area contributed by atoms with E-state index in [4.69, 9.17) is 21.9 Å². The van der Waals surface area contributed by atoms with Crippen LogP contribution in [0.3, 0.4) is 0 Å². The number of aryl methyl sites for hydroxylation is 1. The highest BCUT2D eigenvalue weighted by Crippen LogP contribution is 2.34. The van der Waals surface area contributed by atoms with Gasteiger partial charge in [-0.25, -0.2) is 13.4 Å². The van der Waals surface area contributed by atoms with Crippen molar-refractivity contribution in [3.63, 3.8) is 0 Å². The Balaban J connectivity index is 0.00000272. The molecule has 9 heteroatoms. The lowest BCUT2D eigenvalue weighted by Gasteiger charge is -2.17. The molecule has 0 aliphatic rings. The predicted molar refractivity (Wildman–Crippen MR) is 124 cm³/mol. The summed E-state index contributed by atoms with van der Waals surface area (Å²) in [5.41, 5.74) is 11.1. The molecule has 0 bridgehead atoms. The van der Waals surface area contributed by atoms with Gasteiger partial charge in [-0.3, -0.25) is 0 Å². The minimum Gasteiger partial charge on any atom is -0.356 e. The van der Waals surface area contributed by atoms with E-state index in [1.807, 2.05) is 37.3 Å². The third-order valence-electron chi connectivity index (χ3n) is 5.02. The Labute approximate surface area is 191 Å². The summed E-state index contributed by atoms with van der Waals surface area (Å²) in [6, 6.07) is 15.9. The maximum absolute atomic E-state index is 11.9. The van der Waals surface area contributed by atoms with E-state index < -0.39 is 15.9 Å². The summed E-state index contributed by atoms with van der Waals surface area (Å²) in [5, 5.41) is 5.69. The molecule has 0 amide bonds. The zero-order valence-corrected chi connectivity index (χ0v) is 19.3. The second-order valence-electron chi connectivity index (χ2n) is 7.25. The Morgan fingerprint density at radius 1 is 1.13 bits per heavy atom. The van der Waals surface area contributed by atoms with Gasteiger partial charge in [0.2, 0.25) is 0 Å². The van der Waals surface area contributed by atoms with Crippen LogP contribution in [0.5, 0.6) is 0 Å². The van der Waals surface area contributed by atoms with Gasteiger partial charge in [-0.15, -0.1) is 12.4 Å². The van der Waals surface area contributed by atoms with Crippen LogP contribution in [-0.2, 0) is 16.3 Å². The van der Waals surface area contributed by atoms with E-state index in [1.165, 1.54) is 6.07 Å². The number of rotatable bonds is 5. The molecule has 1 atom stereocenters. The Bertz CT molecular complexity index is 1350. The second-order valence-corrected chi connectivity index (χ2v) is 9.65. The molecule has 31 heavy (non-hydrogen) atoms. The summed E-state index contributed by atoms with van der Waals surface area (Å²) in [7, 11) is -3.40. The first-order valence-electron chi connectivity index (χ1n) is 9.30. The SMILES string of the molecule is Cc1ccc(S(C)(=O)=O)nc1C[C@H](N)c1ccccc1-c1noc2cc(Cl)ccc12.Cl. The number of hydrogen-bond donors (Lipinski definition) is 1. The lowest BCUT2D eigenvalue weighted by atomic mass is 9.93. The van der Waals surface area contributed by atoms with Gasteiger partial charge in [-0.1, -0.05) is 47.1 Å². The van der Waals surface area contributed by atoms with Gasteiger partial charge in [0.15, 0.2) is 20.4 Å². The zero-order valence-electron chi connectivity index (χ0n) is 16.9. The van der Waals surface area contributed by atoms with Crippen LogP contribution in [0, 0.1) is 6.92 Å². The van der Waals surface area contributed by atoms with Crippen molar-refractivity contribution < 1.29 is 12.9 Å². The van der Waals surface area contributed by atoms with Crippen molar-refractivity contribution in [1.82, 2.24) is 10.1 Å². The van der Waals surface area contributed by atoms with Crippen molar-refractivity contribution in [2.45, 2.75) is 24.4 Å². The number of hydrogen-bond acceptors (Lipinski definition) is 6. The molecule has 0 saturated heterocycles. The number of sulfone groups is 1. The van der Waals surface area contributed by atoms with Gasteiger partial charge in [-0.2, -0.15) is 0 Å². The maximum Gasteiger partial charge on any atom is 0.192 e. The van der Waals surface area contributed by atoms with Crippen molar-refractivity contribution in [3.8, 4) is 11.3 Å². The molecular weight excluding hydrogens is 457 g/mol. The van der Waals surface area contributed by atoms with Crippen LogP contribution in [0.4, 0.5) is 0 Å². The fourth-order valence-electron chi connectivity index (χ4n) is 3.42. The fraction of sp³-hybridized carbons (Fsp3) is 0.182. The Morgan fingerprint density at radius 2 is 1.87 bits per heavy atom. The first kappa shape index (κ1) is 23.2. The molecule has 0 fully saturated rings. The highest BCUT2D eigenvalue weighted by molar-refractivity contribution is 7.90. The van der Waals surface area contributed by atoms with E-state index in [0.717, 1.165) is 28.3 Å². The largest absolute Gasteiger partial charge is 0.356 e. The van der Waals surface area contributed by atoms with Gasteiger partial charge >= 0.3 is 0 Å². The molecule has 4 rings (SSSR count). The van der Waals surface area contributed by atoms with Crippen molar-refractivity contribution in [2.75, 3.05) is 6.26 Å². The number of pyridine rings is 1. The number of nitrogens with zero attached hydrogens (tertiary/aromatic N) is 2. The number of halogens is 2. The molecule has 0 spiro atoms. The minimum atomic E-state index is -3.40. The van der Waals surface area contributed by atoms with E-state index in [9.17, 15) is 8.42 Å². The van der Waals surface area contributed by atoms with Crippen molar-refractivity contribution in [2.24, 2.45) is 5.73 Å². The predicted octanol–water partition coefficient (Wildman–Crippen LogP) is 4.92. The Hall–Kier alpha value is -2.45. The van der Waals surface area contributed by atoms with E-state index in [-0.39, 0.29) is 17.4 Å². The monoisotopic (exact) mass is 477 g/mol. The summed E-state index contributed by atoms with van der Waals surface area (Å²) < 4.78 is 29.2. The number of aromatic nitrogens is 2. The molecule has 0 unspecified atom stereocenters. The molecule has 2 N–H and O–H groups in total. The third-order valence-corrected chi connectivity index (χ3v) is 6.24. The van der Waals surface area contributed by atoms with E-state index in [2.05, 4.69) is 10.1 Å². The van der Waals surface area contributed by atoms with Gasteiger partial charge in [-0.05, 0) is 36.2 Å². The zero-order chi connectivity index (χ0) is 21.5. The van der Waals surface area contributed by atoms with E-state index >= 15 is 0 Å². The summed E-state index contributed by atoms with van der Waals surface area (Å²) >= 11 is 6.05. The first-order chi connectivity index (χ1) is 14.2. The molecular formula is C22H21Cl2N3O3S. The number of nitrogens with two attached hydrogens (primary N) is 1. The van der Waals surface area contributed by atoms with Crippen LogP contribution in [0.25, 0.3) is 22.2 Å². The van der Waals surface area contributed by atoms with Crippen LogP contribution in [0.15, 0.2) is 64.1 Å². The van der Waals surface area contributed by atoms with Gasteiger partial charge < -0.3 is 10.3 Å². The molecule has 2 heterocycles. The minimum absolute atomic E-state index is 0. The maximum atomic E-state index is 11.9. The van der Waals surface area contributed by atoms with Crippen molar-refractivity contribution in [3.05, 3.63) is 76.4 Å². The molecule has 0 aliphatic heterocycles. The summed E-state index contributed by atoms with van der Waals surface area (Å²) in [6.45, 7) is 1.89. The summed E-state index contributed by atoms with van der Waals surface area (Å²) in [4.78, 5) is 4.34. The highest BCUT2D eigenvalue weighted by atomic mass is 35.5. The van der Waals surface area contributed by atoms with Crippen LogP contribution in [0.2, 0.25) is 5.02 Å². The highest BCUT2D eigenvalue weighted by Gasteiger charge is 2.20. The number of benzene rings is 2. The summed E-state index contributed by atoms with van der Waals surface area (Å²) in [5.74, 6) is 0. The van der Waals surface area contributed by atoms with Gasteiger partial charge in [0.1, 0.15) is 5.69 Å². The van der Waals surface area contributed by atoms with Crippen LogP contribution < -0.4 is 5.73 Å². The van der Waals surface area contributed by atoms with Crippen LogP contribution >= 0.6 is 24.0 Å². The standard InChI is InChI=1S/C22H20ClN3O3S.ClH/c1-13-7-10-21(30(2,27)28)25-19(13)12-18(24)15-5-3-4-6-16(15)22-17-9-8-14(23)11-20(17)29-26-22;/h3-11,18H,12,24H2,1-2H3;1H/t18-;/m0./s1. The lowest BCUT2D eigenvalue weighted by Crippen LogP contribution is -2.17. The van der Waals surface area contributed by atoms with E-state index in [1.54, 1.807) is 18.2 Å². The molecule has 0 saturated carbocycles. The molecule has 2 aromatic carbocycles. The van der Waals surface area contributed by atoms with Gasteiger partial charge in [0.25, 0.3) is 0 Å². The second kappa shape index (κ2) is 8.96. The average molecular weight is 478 g/mol. The topological polar surface area (TPSA) is 99.1 Å². The molecule has 0 radical (unpaired) electrons. The Kier molecular flexibility index (Phi) is 6.71. The Morgan fingerprint density at radius 3 is 2.61 bits per heavy atom. The molecule has 162 valence electrons. The molecule has 2 aromatic heterocycles. The quantitative estimate of drug-likeness (QED) is 0.437. The van der Waals surface area contributed by atoms with Crippen LogP contribution in [0.1, 0.15) is 22.9 Å². The molecule has 6 nitrogen and oxygen atoms in total. The molecule has 4 aromatic rings. The van der Waals surface area contributed by atoms with Gasteiger partial charge in [0.05, 0.1) is 0 Å². The third kappa shape index (κ3) is 4.75. The normalized spacial score (nSPS) is 12.5. The van der Waals surface area contributed by atoms with E-state index in [0.29, 0.717) is 28.4 Å². The van der Waals surface area contributed by atoms with Crippen molar-refractivity contribution in [1.29, 1.82) is 0 Å². The smallest absolute Gasteiger partial charge is 0.192 e. The average Bonchev–Trinajstić information content (AvgIpc) is 3.11. The first-order valence-corrected chi connectivity index (χ1v) is 11.6. The fourth-order valence-corrected chi connectivity index (χ4v) is 4.18. The van der Waals surface area contributed by atoms with Crippen molar-refractivity contribution >= 4 is 44.8 Å². The number of fused-ring (bicyclic) bond motifs is 1.